The van der Waals surface area contributed by atoms with Crippen LogP contribution in [0.4, 0.5) is 0 Å². The van der Waals surface area contributed by atoms with Crippen LogP contribution in [0.15, 0.2) is 0 Å². The van der Waals surface area contributed by atoms with Crippen LogP contribution in [0.2, 0.25) is 10.3 Å². The molecule has 11 heavy (non-hydrogen) atoms. The highest BCUT2D eigenvalue weighted by atomic mass is 127. The van der Waals surface area contributed by atoms with Crippen LogP contribution < -0.4 is 0 Å². The fourth-order valence-electron chi connectivity index (χ4n) is 0.447. The van der Waals surface area contributed by atoms with Crippen molar-refractivity contribution >= 4 is 45.8 Å². The highest BCUT2D eigenvalue weighted by molar-refractivity contribution is 14.1. The van der Waals surface area contributed by atoms with Gasteiger partial charge in [0.05, 0.1) is 0 Å². The Bertz CT molecular complexity index is 333. The Labute approximate surface area is 86.5 Å². The van der Waals surface area contributed by atoms with E-state index in [1.54, 1.807) is 6.07 Å². The summed E-state index contributed by atoms with van der Waals surface area (Å²) in [5.74, 6) is 0. The Morgan fingerprint density at radius 1 is 1.27 bits per heavy atom. The SMILES string of the molecule is N#Cc1nc(Cl)c(I)nc1Cl. The summed E-state index contributed by atoms with van der Waals surface area (Å²) in [6, 6.07) is 1.77. The molecule has 0 aliphatic heterocycles. The molecule has 0 saturated heterocycles. The van der Waals surface area contributed by atoms with Gasteiger partial charge in [-0.25, -0.2) is 9.97 Å². The van der Waals surface area contributed by atoms with Crippen molar-refractivity contribution < 1.29 is 0 Å². The average Bonchev–Trinajstić information content (AvgIpc) is 1.97. The molecule has 0 aliphatic rings. The van der Waals surface area contributed by atoms with Gasteiger partial charge in [0.2, 0.25) is 0 Å². The van der Waals surface area contributed by atoms with Gasteiger partial charge in [0, 0.05) is 0 Å². The van der Waals surface area contributed by atoms with Gasteiger partial charge in [-0.05, 0) is 22.6 Å². The maximum atomic E-state index is 8.44. The molecule has 0 aromatic carbocycles. The van der Waals surface area contributed by atoms with E-state index in [1.165, 1.54) is 0 Å². The van der Waals surface area contributed by atoms with E-state index >= 15 is 0 Å². The smallest absolute Gasteiger partial charge is 0.179 e. The minimum Gasteiger partial charge on any atom is -0.224 e. The molecule has 0 amide bonds. The van der Waals surface area contributed by atoms with Gasteiger partial charge in [-0.1, -0.05) is 23.2 Å². The number of hydrogen-bond donors (Lipinski definition) is 0. The number of halogens is 3. The molecule has 0 unspecified atom stereocenters. The Morgan fingerprint density at radius 2 is 1.91 bits per heavy atom. The summed E-state index contributed by atoms with van der Waals surface area (Å²) in [6.45, 7) is 0. The largest absolute Gasteiger partial charge is 0.224 e. The van der Waals surface area contributed by atoms with Gasteiger partial charge in [-0.3, -0.25) is 0 Å². The summed E-state index contributed by atoms with van der Waals surface area (Å²) in [4.78, 5) is 7.47. The molecule has 1 aromatic rings. The van der Waals surface area contributed by atoms with Crippen LogP contribution in [0.1, 0.15) is 5.69 Å². The molecule has 0 bridgehead atoms. The summed E-state index contributed by atoms with van der Waals surface area (Å²) in [5.41, 5.74) is 0.0529. The van der Waals surface area contributed by atoms with E-state index in [0.717, 1.165) is 0 Å². The molecule has 1 heterocycles. The Balaban J connectivity index is 3.35. The molecule has 1 aromatic heterocycles. The van der Waals surface area contributed by atoms with Gasteiger partial charge in [0.25, 0.3) is 0 Å². The quantitative estimate of drug-likeness (QED) is 0.691. The van der Waals surface area contributed by atoms with Gasteiger partial charge in [0.1, 0.15) is 9.77 Å². The van der Waals surface area contributed by atoms with Gasteiger partial charge in [-0.15, -0.1) is 0 Å². The summed E-state index contributed by atoms with van der Waals surface area (Å²) in [7, 11) is 0. The normalized spacial score (nSPS) is 9.27. The second kappa shape index (κ2) is 3.52. The summed E-state index contributed by atoms with van der Waals surface area (Å²) >= 11 is 13.0. The van der Waals surface area contributed by atoms with Crippen LogP contribution in [-0.4, -0.2) is 9.97 Å². The molecular formula is C5Cl2IN3. The molecule has 0 fully saturated rings. The van der Waals surface area contributed by atoms with Crippen LogP contribution in [0, 0.1) is 15.0 Å². The van der Waals surface area contributed by atoms with Crippen molar-refractivity contribution in [1.82, 2.24) is 9.97 Å². The predicted octanol–water partition coefficient (Wildman–Crippen LogP) is 2.26. The van der Waals surface area contributed by atoms with Crippen LogP contribution in [0.25, 0.3) is 0 Å². The van der Waals surface area contributed by atoms with Crippen molar-refractivity contribution in [1.29, 1.82) is 5.26 Å². The van der Waals surface area contributed by atoms with Gasteiger partial charge < -0.3 is 0 Å². The molecule has 0 spiro atoms. The first-order valence-electron chi connectivity index (χ1n) is 2.43. The van der Waals surface area contributed by atoms with Crippen LogP contribution in [-0.2, 0) is 0 Å². The summed E-state index contributed by atoms with van der Waals surface area (Å²) in [6.07, 6.45) is 0. The third-order valence-corrected chi connectivity index (χ3v) is 2.48. The maximum absolute atomic E-state index is 8.44. The van der Waals surface area contributed by atoms with Crippen LogP contribution in [0.5, 0.6) is 0 Å². The molecular weight excluding hydrogens is 300 g/mol. The van der Waals surface area contributed by atoms with Crippen molar-refractivity contribution in [2.75, 3.05) is 0 Å². The second-order valence-electron chi connectivity index (χ2n) is 1.56. The lowest BCUT2D eigenvalue weighted by molar-refractivity contribution is 1.13. The first-order valence-corrected chi connectivity index (χ1v) is 4.27. The number of aromatic nitrogens is 2. The highest BCUT2D eigenvalue weighted by Gasteiger charge is 2.07. The average molecular weight is 300 g/mol. The fraction of sp³-hybridized carbons (Fsp3) is 0. The molecule has 0 atom stereocenters. The number of nitriles is 1. The van der Waals surface area contributed by atoms with E-state index in [9.17, 15) is 0 Å². The van der Waals surface area contributed by atoms with Crippen molar-refractivity contribution in [2.24, 2.45) is 0 Å². The molecule has 0 aliphatic carbocycles. The lowest BCUT2D eigenvalue weighted by Crippen LogP contribution is -1.92. The Kier molecular flexibility index (Phi) is 2.87. The first kappa shape index (κ1) is 8.97. The third kappa shape index (κ3) is 1.92. The lowest BCUT2D eigenvalue weighted by atomic mass is 10.5. The van der Waals surface area contributed by atoms with Crippen LogP contribution >= 0.6 is 45.8 Å². The van der Waals surface area contributed by atoms with E-state index in [4.69, 9.17) is 28.5 Å². The van der Waals surface area contributed by atoms with Gasteiger partial charge >= 0.3 is 0 Å². The van der Waals surface area contributed by atoms with Crippen molar-refractivity contribution in [3.8, 4) is 6.07 Å². The van der Waals surface area contributed by atoms with Crippen molar-refractivity contribution in [3.05, 3.63) is 19.7 Å². The van der Waals surface area contributed by atoms with E-state index in [1.807, 2.05) is 22.6 Å². The zero-order valence-electron chi connectivity index (χ0n) is 4.98. The summed E-state index contributed by atoms with van der Waals surface area (Å²) in [5, 5.41) is 8.72. The minimum atomic E-state index is 0.0529. The lowest BCUT2D eigenvalue weighted by Gasteiger charge is -1.95. The number of rotatable bonds is 0. The molecule has 0 N–H and O–H groups in total. The molecule has 56 valence electrons. The third-order valence-electron chi connectivity index (χ3n) is 0.878. The molecule has 0 radical (unpaired) electrons. The summed E-state index contributed by atoms with van der Waals surface area (Å²) < 4.78 is 0.494. The number of hydrogen-bond acceptors (Lipinski definition) is 3. The molecule has 3 nitrogen and oxygen atoms in total. The van der Waals surface area contributed by atoms with Crippen LogP contribution in [0.3, 0.4) is 0 Å². The topological polar surface area (TPSA) is 49.6 Å². The van der Waals surface area contributed by atoms with E-state index in [2.05, 4.69) is 9.97 Å². The van der Waals surface area contributed by atoms with E-state index in [-0.39, 0.29) is 16.0 Å². The molecule has 0 saturated carbocycles. The van der Waals surface area contributed by atoms with Crippen molar-refractivity contribution in [2.45, 2.75) is 0 Å². The van der Waals surface area contributed by atoms with Crippen molar-refractivity contribution in [3.63, 3.8) is 0 Å². The second-order valence-corrected chi connectivity index (χ2v) is 3.29. The fourth-order valence-corrected chi connectivity index (χ4v) is 1.25. The highest BCUT2D eigenvalue weighted by Crippen LogP contribution is 2.18. The zero-order chi connectivity index (χ0) is 8.43. The Morgan fingerprint density at radius 3 is 2.45 bits per heavy atom. The zero-order valence-corrected chi connectivity index (χ0v) is 8.64. The van der Waals surface area contributed by atoms with Gasteiger partial charge in [0.15, 0.2) is 16.0 Å². The van der Waals surface area contributed by atoms with E-state index in [0.29, 0.717) is 3.70 Å². The molecule has 6 heteroatoms. The maximum Gasteiger partial charge on any atom is 0.179 e. The molecule has 1 rings (SSSR count). The predicted molar refractivity (Wildman–Crippen MR) is 49.5 cm³/mol. The van der Waals surface area contributed by atoms with E-state index < -0.39 is 0 Å². The monoisotopic (exact) mass is 299 g/mol. The first-order chi connectivity index (χ1) is 5.15. The standard InChI is InChI=1S/C5Cl2IN3/c6-3-2(1-9)10-4(7)5(8)11-3. The number of nitrogens with zero attached hydrogens (tertiary/aromatic N) is 3. The Hall–Kier alpha value is -0.120. The van der Waals surface area contributed by atoms with Gasteiger partial charge in [-0.2, -0.15) is 5.26 Å². The minimum absolute atomic E-state index is 0.0529.